The van der Waals surface area contributed by atoms with Crippen molar-refractivity contribution in [1.29, 1.82) is 0 Å². The van der Waals surface area contributed by atoms with Crippen LogP contribution >= 0.6 is 7.81 Å². The molecule has 1 heterocycles. The van der Waals surface area contributed by atoms with E-state index in [-0.39, 0.29) is 0 Å². The second-order valence-corrected chi connectivity index (χ2v) is 6.80. The van der Waals surface area contributed by atoms with Gasteiger partial charge in [-0.2, -0.15) is 0 Å². The number of rotatable bonds is 3. The van der Waals surface area contributed by atoms with Gasteiger partial charge in [0, 0.05) is 6.92 Å². The number of para-hydroxylation sites is 1. The van der Waals surface area contributed by atoms with Gasteiger partial charge in [0.15, 0.2) is 6.21 Å². The Kier molecular flexibility index (Phi) is 5.41. The maximum absolute atomic E-state index is 10.7. The van der Waals surface area contributed by atoms with Gasteiger partial charge in [0.1, 0.15) is 11.0 Å². The third kappa shape index (κ3) is 9.53. The summed E-state index contributed by atoms with van der Waals surface area (Å²) in [5.41, 5.74) is 1.65. The summed E-state index contributed by atoms with van der Waals surface area (Å²) >= 11 is 0. The molecule has 0 amide bonds. The summed E-state index contributed by atoms with van der Waals surface area (Å²) in [6.07, 6.45) is 1.73. The fourth-order valence-corrected chi connectivity index (χ4v) is 1.49. The number of hydrogen-bond acceptors (Lipinski definition) is 3. The van der Waals surface area contributed by atoms with E-state index in [0.717, 1.165) is 16.9 Å². The Bertz CT molecular complexity index is 784. The van der Waals surface area contributed by atoms with E-state index in [9.17, 15) is 25.2 Å². The van der Waals surface area contributed by atoms with E-state index in [1.807, 2.05) is 50.2 Å². The summed E-state index contributed by atoms with van der Waals surface area (Å²) in [7, 11) is -6.81. The molecule has 0 aliphatic carbocycles. The third-order valence-electron chi connectivity index (χ3n) is 2.43. The van der Waals surface area contributed by atoms with Gasteiger partial charge in [-0.3, -0.25) is 4.90 Å². The number of likely N-dealkylation sites (N-methyl/N-ethyl adjacent to an activating group) is 1. The molecule has 6 nitrogen and oxygen atoms in total. The van der Waals surface area contributed by atoms with Gasteiger partial charge in [0.05, 0.1) is 14.1 Å². The molecule has 0 fully saturated rings. The third-order valence-corrected chi connectivity index (χ3v) is 2.43. The van der Waals surface area contributed by atoms with Gasteiger partial charge in [0.25, 0.3) is 0 Å². The zero-order valence-electron chi connectivity index (χ0n) is 13.5. The van der Waals surface area contributed by atoms with Gasteiger partial charge >= 0.3 is 38.8 Å². The van der Waals surface area contributed by atoms with Crippen molar-refractivity contribution in [1.82, 2.24) is 24.7 Å². The Morgan fingerprint density at radius 1 is 1.20 bits per heavy atom. The normalized spacial score (nSPS) is 13.6. The number of halogens is 6. The molecule has 25 heavy (non-hydrogen) atoms. The second-order valence-electron chi connectivity index (χ2n) is 4.88. The Morgan fingerprint density at radius 3 is 2.28 bits per heavy atom. The average molecular weight is 391 g/mol. The van der Waals surface area contributed by atoms with Crippen LogP contribution in [0.5, 0.6) is 0 Å². The first kappa shape index (κ1) is 20.7. The molecule has 0 unspecified atom stereocenters. The van der Waals surface area contributed by atoms with Crippen LogP contribution in [0, 0.1) is 0 Å². The average Bonchev–Trinajstić information content (AvgIpc) is 2.83. The number of benzene rings is 1. The van der Waals surface area contributed by atoms with Crippen molar-refractivity contribution in [2.24, 2.45) is 0 Å². The first-order chi connectivity index (χ1) is 11.2. The summed E-state index contributed by atoms with van der Waals surface area (Å²) in [5, 5.41) is 7.96. The second kappa shape index (κ2) is 6.53. The minimum absolute atomic E-state index is 0.338. The zero-order chi connectivity index (χ0) is 19.4. The molecular formula is C12H16F6N5OP. The van der Waals surface area contributed by atoms with Crippen LogP contribution in [-0.4, -0.2) is 52.8 Å². The van der Waals surface area contributed by atoms with E-state index < -0.39 is 7.81 Å². The van der Waals surface area contributed by atoms with Gasteiger partial charge in [0.2, 0.25) is 6.61 Å². The molecule has 1 aromatic carbocycles. The van der Waals surface area contributed by atoms with Gasteiger partial charge in [-0.05, 0) is 17.3 Å². The van der Waals surface area contributed by atoms with Gasteiger partial charge in [-0.1, -0.05) is 17.0 Å². The van der Waals surface area contributed by atoms with Crippen LogP contribution in [0.25, 0.3) is 11.0 Å². The molecule has 2 rings (SSSR count). The molecule has 142 valence electrons. The molecule has 13 heteroatoms. The van der Waals surface area contributed by atoms with E-state index in [4.69, 9.17) is 4.84 Å². The number of aromatic nitrogens is 3. The topological polar surface area (TPSA) is 57.3 Å². The SMILES string of the molecule is CC=[N+]=C(COn1nnc2ccccc21)N(C)C.F[P-](F)(F)(F)(F)F. The van der Waals surface area contributed by atoms with Crippen molar-refractivity contribution in [3.63, 3.8) is 0 Å². The monoisotopic (exact) mass is 391 g/mol. The van der Waals surface area contributed by atoms with E-state index in [0.29, 0.717) is 6.61 Å². The number of fused-ring (bicyclic) bond motifs is 1. The minimum atomic E-state index is -10.7. The van der Waals surface area contributed by atoms with Gasteiger partial charge in [-0.25, -0.2) is 4.67 Å². The Labute approximate surface area is 138 Å². The molecule has 1 aromatic heterocycles. The zero-order valence-corrected chi connectivity index (χ0v) is 14.3. The maximum atomic E-state index is 9.87. The van der Waals surface area contributed by atoms with Crippen LogP contribution in [0.1, 0.15) is 6.92 Å². The predicted molar refractivity (Wildman–Crippen MR) is 85.1 cm³/mol. The Morgan fingerprint density at radius 2 is 1.76 bits per heavy atom. The van der Waals surface area contributed by atoms with Crippen LogP contribution in [0.3, 0.4) is 0 Å². The molecule has 0 saturated heterocycles. The van der Waals surface area contributed by atoms with E-state index >= 15 is 0 Å². The van der Waals surface area contributed by atoms with Crippen molar-refractivity contribution in [3.8, 4) is 0 Å². The molecule has 2 aromatic rings. The molecule has 0 saturated carbocycles. The predicted octanol–water partition coefficient (Wildman–Crippen LogP) is 3.36. The Balaban J connectivity index is 0.000000381. The van der Waals surface area contributed by atoms with Gasteiger partial charge < -0.3 is 4.84 Å². The summed E-state index contributed by atoms with van der Waals surface area (Å²) in [5.74, 6) is 0.817. The molecule has 0 bridgehead atoms. The van der Waals surface area contributed by atoms with Crippen LogP contribution < -0.4 is 9.51 Å². The van der Waals surface area contributed by atoms with E-state index in [2.05, 4.69) is 15.0 Å². The van der Waals surface area contributed by atoms with Crippen molar-refractivity contribution in [2.45, 2.75) is 6.92 Å². The molecule has 0 aliphatic heterocycles. The van der Waals surface area contributed by atoms with Crippen molar-refractivity contribution in [3.05, 3.63) is 24.3 Å². The molecule has 0 N–H and O–H groups in total. The van der Waals surface area contributed by atoms with E-state index in [1.54, 1.807) is 6.21 Å². The van der Waals surface area contributed by atoms with Crippen molar-refractivity contribution in [2.75, 3.05) is 20.7 Å². The first-order valence-corrected chi connectivity index (χ1v) is 8.72. The Hall–Kier alpha value is -2.32. The summed E-state index contributed by atoms with van der Waals surface area (Å²) in [4.78, 5) is 8.91. The quantitative estimate of drug-likeness (QED) is 0.265. The van der Waals surface area contributed by atoms with Crippen LogP contribution in [0.4, 0.5) is 25.2 Å². The summed E-state index contributed by atoms with van der Waals surface area (Å²) < 4.78 is 63.4. The molecule has 0 radical (unpaired) electrons. The van der Waals surface area contributed by atoms with E-state index in [1.165, 1.54) is 4.85 Å². The number of nitrogens with zero attached hydrogens (tertiary/aromatic N) is 5. The molecule has 0 atom stereocenters. The van der Waals surface area contributed by atoms with Gasteiger partial charge in [-0.15, -0.1) is 5.10 Å². The van der Waals surface area contributed by atoms with Crippen molar-refractivity contribution >= 4 is 30.9 Å². The fourth-order valence-electron chi connectivity index (χ4n) is 1.49. The number of hydrogen-bond donors (Lipinski definition) is 0. The molecular weight excluding hydrogens is 375 g/mol. The molecule has 0 aliphatic rings. The van der Waals surface area contributed by atoms with Crippen LogP contribution in [0.15, 0.2) is 24.3 Å². The summed E-state index contributed by atoms with van der Waals surface area (Å²) in [6.45, 7) is 2.21. The summed E-state index contributed by atoms with van der Waals surface area (Å²) in [6, 6.07) is 7.64. The standard InChI is InChI=1S/C12H16N5O.F6P/c1-4-13-12(16(2)3)9-18-17-11-8-6-5-7-10(11)14-15-17;1-7(2,3,4,5)6/h4-8H,9H2,1-3H3;/q+1;-1. The van der Waals surface area contributed by atoms with Crippen molar-refractivity contribution < 1.29 is 30.0 Å². The number of amidine groups is 1. The molecule has 0 spiro atoms. The first-order valence-electron chi connectivity index (χ1n) is 6.69. The fraction of sp³-hybridized carbons (Fsp3) is 0.333. The van der Waals surface area contributed by atoms with Crippen LogP contribution in [0.2, 0.25) is 0 Å². The van der Waals surface area contributed by atoms with Crippen LogP contribution in [-0.2, 0) is 0 Å².